The summed E-state index contributed by atoms with van der Waals surface area (Å²) in [5, 5.41) is 6.92. The lowest BCUT2D eigenvalue weighted by molar-refractivity contribution is -0.147. The third-order valence-corrected chi connectivity index (χ3v) is 4.60. The maximum atomic E-state index is 12.5. The minimum Gasteiger partial charge on any atom is -0.464 e. The van der Waals surface area contributed by atoms with Crippen LogP contribution in [-0.4, -0.2) is 34.3 Å². The van der Waals surface area contributed by atoms with Gasteiger partial charge in [0.1, 0.15) is 11.7 Å². The van der Waals surface area contributed by atoms with E-state index in [4.69, 9.17) is 4.74 Å². The Morgan fingerprint density at radius 3 is 2.45 bits per heavy atom. The molecule has 2 aliphatic rings. The molecular formula is C16H23N3O3. The van der Waals surface area contributed by atoms with Crippen molar-refractivity contribution in [1.82, 2.24) is 15.1 Å². The van der Waals surface area contributed by atoms with E-state index >= 15 is 0 Å². The fourth-order valence-electron chi connectivity index (χ4n) is 3.25. The molecule has 2 saturated carbocycles. The highest BCUT2D eigenvalue weighted by atomic mass is 16.5. The van der Waals surface area contributed by atoms with Gasteiger partial charge in [-0.2, -0.15) is 5.10 Å². The molecule has 1 unspecified atom stereocenters. The molecule has 22 heavy (non-hydrogen) atoms. The number of carbonyl (C=O) groups is 2. The van der Waals surface area contributed by atoms with Crippen LogP contribution in [0.15, 0.2) is 12.3 Å². The van der Waals surface area contributed by atoms with Crippen LogP contribution in [0.5, 0.6) is 0 Å². The van der Waals surface area contributed by atoms with E-state index in [9.17, 15) is 9.59 Å². The van der Waals surface area contributed by atoms with Crippen LogP contribution in [0.4, 0.5) is 0 Å². The molecule has 2 fully saturated rings. The molecule has 1 N–H and O–H groups in total. The quantitative estimate of drug-likeness (QED) is 0.775. The first-order valence-electron chi connectivity index (χ1n) is 8.07. The van der Waals surface area contributed by atoms with E-state index in [0.717, 1.165) is 25.7 Å². The van der Waals surface area contributed by atoms with Crippen LogP contribution < -0.4 is 5.32 Å². The fourth-order valence-corrected chi connectivity index (χ4v) is 3.25. The molecule has 2 aliphatic carbocycles. The predicted molar refractivity (Wildman–Crippen MR) is 80.0 cm³/mol. The zero-order chi connectivity index (χ0) is 15.7. The Kier molecular flexibility index (Phi) is 4.18. The Hall–Kier alpha value is -1.85. The Morgan fingerprint density at radius 1 is 1.36 bits per heavy atom. The predicted octanol–water partition coefficient (Wildman–Crippen LogP) is 1.52. The number of carbonyl (C=O) groups excluding carboxylic acids is 2. The average molecular weight is 305 g/mol. The lowest BCUT2D eigenvalue weighted by Crippen LogP contribution is -2.48. The van der Waals surface area contributed by atoms with Crippen molar-refractivity contribution in [3.63, 3.8) is 0 Å². The van der Waals surface area contributed by atoms with Crippen molar-refractivity contribution in [2.24, 2.45) is 24.8 Å². The maximum absolute atomic E-state index is 12.5. The summed E-state index contributed by atoms with van der Waals surface area (Å²) in [6.45, 7) is 2.13. The first kappa shape index (κ1) is 15.1. The summed E-state index contributed by atoms with van der Waals surface area (Å²) < 4.78 is 6.73. The van der Waals surface area contributed by atoms with E-state index in [1.54, 1.807) is 26.2 Å². The number of aryl methyl sites for hydroxylation is 1. The summed E-state index contributed by atoms with van der Waals surface area (Å²) in [5.74, 6) is 0.755. The van der Waals surface area contributed by atoms with Gasteiger partial charge >= 0.3 is 5.97 Å². The molecule has 1 amide bonds. The van der Waals surface area contributed by atoms with Crippen LogP contribution in [0.3, 0.4) is 0 Å². The van der Waals surface area contributed by atoms with E-state index in [1.165, 1.54) is 4.68 Å². The zero-order valence-electron chi connectivity index (χ0n) is 13.1. The number of nitrogens with zero attached hydrogens (tertiary/aromatic N) is 2. The Labute approximate surface area is 130 Å². The summed E-state index contributed by atoms with van der Waals surface area (Å²) in [7, 11) is 1.72. The van der Waals surface area contributed by atoms with Crippen molar-refractivity contribution in [3.8, 4) is 0 Å². The number of aromatic nitrogens is 2. The van der Waals surface area contributed by atoms with Crippen LogP contribution in [0.1, 0.15) is 43.1 Å². The minimum atomic E-state index is -0.539. The molecule has 1 atom stereocenters. The number of hydrogen-bond donors (Lipinski definition) is 1. The first-order valence-corrected chi connectivity index (χ1v) is 8.07. The van der Waals surface area contributed by atoms with Crippen LogP contribution in [0, 0.1) is 17.8 Å². The number of rotatable bonds is 7. The second-order valence-electron chi connectivity index (χ2n) is 6.30. The van der Waals surface area contributed by atoms with Crippen molar-refractivity contribution >= 4 is 11.9 Å². The molecule has 0 aromatic carbocycles. The van der Waals surface area contributed by atoms with Gasteiger partial charge in [-0.1, -0.05) is 0 Å². The van der Waals surface area contributed by atoms with Crippen LogP contribution in [0.2, 0.25) is 0 Å². The Bertz CT molecular complexity index is 549. The summed E-state index contributed by atoms with van der Waals surface area (Å²) in [6, 6.07) is 1.11. The second kappa shape index (κ2) is 6.10. The van der Waals surface area contributed by atoms with Gasteiger partial charge in [0.15, 0.2) is 0 Å². The number of ether oxygens (including phenoxy) is 1. The van der Waals surface area contributed by atoms with Gasteiger partial charge < -0.3 is 10.1 Å². The van der Waals surface area contributed by atoms with Gasteiger partial charge in [-0.15, -0.1) is 0 Å². The van der Waals surface area contributed by atoms with Gasteiger partial charge in [0.25, 0.3) is 5.91 Å². The van der Waals surface area contributed by atoms with Gasteiger partial charge in [-0.25, -0.2) is 4.79 Å². The molecule has 0 bridgehead atoms. The minimum absolute atomic E-state index is 0.219. The number of amides is 1. The van der Waals surface area contributed by atoms with Gasteiger partial charge in [-0.3, -0.25) is 9.48 Å². The van der Waals surface area contributed by atoms with E-state index in [1.807, 2.05) is 0 Å². The van der Waals surface area contributed by atoms with Gasteiger partial charge in [0, 0.05) is 13.2 Å². The smallest absolute Gasteiger partial charge is 0.328 e. The number of hydrogen-bond acceptors (Lipinski definition) is 4. The number of esters is 1. The standard InChI is InChI=1S/C16H23N3O3/c1-3-22-16(21)14(13(10-4-5-10)11-6-7-11)18-15(20)12-8-9-17-19(12)2/h8-11,13-14H,3-7H2,1-2H3,(H,18,20). The third-order valence-electron chi connectivity index (χ3n) is 4.60. The molecule has 0 spiro atoms. The summed E-state index contributed by atoms with van der Waals surface area (Å²) in [4.78, 5) is 24.8. The SMILES string of the molecule is CCOC(=O)C(NC(=O)c1ccnn1C)C(C1CC1)C1CC1. The highest BCUT2D eigenvalue weighted by Gasteiger charge is 2.48. The second-order valence-corrected chi connectivity index (χ2v) is 6.30. The molecular weight excluding hydrogens is 282 g/mol. The van der Waals surface area contributed by atoms with E-state index < -0.39 is 6.04 Å². The van der Waals surface area contributed by atoms with Crippen LogP contribution >= 0.6 is 0 Å². The molecule has 0 radical (unpaired) electrons. The van der Waals surface area contributed by atoms with E-state index in [0.29, 0.717) is 24.1 Å². The molecule has 1 aromatic heterocycles. The molecule has 6 nitrogen and oxygen atoms in total. The van der Waals surface area contributed by atoms with Crippen molar-refractivity contribution < 1.29 is 14.3 Å². The highest BCUT2D eigenvalue weighted by molar-refractivity contribution is 5.95. The molecule has 1 heterocycles. The molecule has 0 aliphatic heterocycles. The Balaban J connectivity index is 1.77. The van der Waals surface area contributed by atoms with Crippen molar-refractivity contribution in [1.29, 1.82) is 0 Å². The average Bonchev–Trinajstić information content (AvgIpc) is 3.39. The van der Waals surface area contributed by atoms with Crippen LogP contribution in [0.25, 0.3) is 0 Å². The summed E-state index contributed by atoms with van der Waals surface area (Å²) >= 11 is 0. The lowest BCUT2D eigenvalue weighted by Gasteiger charge is -2.26. The fraction of sp³-hybridized carbons (Fsp3) is 0.688. The van der Waals surface area contributed by atoms with Crippen molar-refractivity contribution in [3.05, 3.63) is 18.0 Å². The van der Waals surface area contributed by atoms with Gasteiger partial charge in [0.05, 0.1) is 6.61 Å². The van der Waals surface area contributed by atoms with Crippen molar-refractivity contribution in [2.75, 3.05) is 6.61 Å². The van der Waals surface area contributed by atoms with E-state index in [2.05, 4.69) is 10.4 Å². The monoisotopic (exact) mass is 305 g/mol. The largest absolute Gasteiger partial charge is 0.464 e. The van der Waals surface area contributed by atoms with Gasteiger partial charge in [-0.05, 0) is 56.4 Å². The molecule has 120 valence electrons. The molecule has 0 saturated heterocycles. The Morgan fingerprint density at radius 2 is 2.00 bits per heavy atom. The van der Waals surface area contributed by atoms with E-state index in [-0.39, 0.29) is 17.8 Å². The zero-order valence-corrected chi connectivity index (χ0v) is 13.1. The molecule has 1 aromatic rings. The lowest BCUT2D eigenvalue weighted by atomic mass is 9.89. The number of nitrogens with one attached hydrogen (secondary N) is 1. The topological polar surface area (TPSA) is 73.2 Å². The first-order chi connectivity index (χ1) is 10.6. The molecule has 6 heteroatoms. The molecule has 3 rings (SSSR count). The maximum Gasteiger partial charge on any atom is 0.328 e. The third kappa shape index (κ3) is 3.15. The normalized spacial score (nSPS) is 19.0. The summed E-state index contributed by atoms with van der Waals surface area (Å²) in [5.41, 5.74) is 0.458. The van der Waals surface area contributed by atoms with Gasteiger partial charge in [0.2, 0.25) is 0 Å². The summed E-state index contributed by atoms with van der Waals surface area (Å²) in [6.07, 6.45) is 6.18. The van der Waals surface area contributed by atoms with Crippen LogP contribution in [-0.2, 0) is 16.6 Å². The van der Waals surface area contributed by atoms with Crippen molar-refractivity contribution in [2.45, 2.75) is 38.6 Å². The highest BCUT2D eigenvalue weighted by Crippen LogP contribution is 2.50.